The van der Waals surface area contributed by atoms with Crippen LogP contribution in [0.25, 0.3) is 10.2 Å². The number of thiophene rings is 1. The maximum absolute atomic E-state index is 13.0. The Bertz CT molecular complexity index is 1010. The molecule has 0 bridgehead atoms. The Morgan fingerprint density at radius 1 is 1.32 bits per heavy atom. The van der Waals surface area contributed by atoms with Crippen LogP contribution in [-0.2, 0) is 17.8 Å². The van der Waals surface area contributed by atoms with Crippen LogP contribution in [0.1, 0.15) is 12.0 Å². The maximum atomic E-state index is 13.0. The highest BCUT2D eigenvalue weighted by Gasteiger charge is 2.24. The van der Waals surface area contributed by atoms with Gasteiger partial charge in [0.1, 0.15) is 11.2 Å². The van der Waals surface area contributed by atoms with Crippen LogP contribution in [0.5, 0.6) is 0 Å². The minimum absolute atomic E-state index is 0.0180. The highest BCUT2D eigenvalue weighted by Crippen LogP contribution is 2.27. The molecule has 1 aliphatic rings. The summed E-state index contributed by atoms with van der Waals surface area (Å²) < 4.78 is 2.10. The molecule has 0 saturated heterocycles. The summed E-state index contributed by atoms with van der Waals surface area (Å²) in [5, 5.41) is 2.44. The van der Waals surface area contributed by atoms with E-state index in [4.69, 9.17) is 0 Å². The predicted molar refractivity (Wildman–Crippen MR) is 103 cm³/mol. The van der Waals surface area contributed by atoms with Crippen molar-refractivity contribution >= 4 is 44.9 Å². The van der Waals surface area contributed by atoms with Crippen LogP contribution in [0, 0.1) is 0 Å². The second kappa shape index (κ2) is 6.65. The summed E-state index contributed by atoms with van der Waals surface area (Å²) in [4.78, 5) is 32.1. The number of carbonyl (C=O) groups is 1. The van der Waals surface area contributed by atoms with Crippen LogP contribution in [-0.4, -0.2) is 28.3 Å². The molecule has 128 valence electrons. The molecule has 5 nitrogen and oxygen atoms in total. The number of thioether (sulfide) groups is 1. The largest absolute Gasteiger partial charge is 0.311 e. The number of nitrogens with zero attached hydrogens (tertiary/aromatic N) is 3. The molecule has 1 amide bonds. The van der Waals surface area contributed by atoms with Gasteiger partial charge in [0.15, 0.2) is 5.16 Å². The van der Waals surface area contributed by atoms with Gasteiger partial charge in [-0.1, -0.05) is 30.0 Å². The molecule has 7 heteroatoms. The lowest BCUT2D eigenvalue weighted by atomic mass is 10.0. The molecule has 25 heavy (non-hydrogen) atoms. The number of anilines is 1. The van der Waals surface area contributed by atoms with Crippen molar-refractivity contribution in [3.8, 4) is 0 Å². The van der Waals surface area contributed by atoms with E-state index in [0.717, 1.165) is 18.5 Å². The quantitative estimate of drug-likeness (QED) is 0.524. The summed E-state index contributed by atoms with van der Waals surface area (Å²) in [5.74, 6) is -0.0674. The highest BCUT2D eigenvalue weighted by atomic mass is 32.2. The second-order valence-corrected chi connectivity index (χ2v) is 7.59. The molecule has 0 radical (unpaired) electrons. The molecule has 3 heterocycles. The molecule has 4 rings (SSSR count). The van der Waals surface area contributed by atoms with E-state index in [-0.39, 0.29) is 18.0 Å². The number of aryl methyl sites for hydroxylation is 1. The summed E-state index contributed by atoms with van der Waals surface area (Å²) in [7, 11) is 0. The maximum Gasteiger partial charge on any atom is 0.272 e. The lowest BCUT2D eigenvalue weighted by Crippen LogP contribution is -2.40. The van der Waals surface area contributed by atoms with Crippen molar-refractivity contribution in [2.45, 2.75) is 24.5 Å². The third-order valence-corrected chi connectivity index (χ3v) is 5.99. The number of rotatable bonds is 3. The Kier molecular flexibility index (Phi) is 4.35. The summed E-state index contributed by atoms with van der Waals surface area (Å²) in [5.41, 5.74) is 2.71. The summed E-state index contributed by atoms with van der Waals surface area (Å²) >= 11 is 2.76. The van der Waals surface area contributed by atoms with Crippen molar-refractivity contribution in [3.05, 3.63) is 51.6 Å². The van der Waals surface area contributed by atoms with Gasteiger partial charge in [-0.2, -0.15) is 0 Å². The van der Waals surface area contributed by atoms with Crippen LogP contribution in [0.3, 0.4) is 0 Å². The zero-order valence-electron chi connectivity index (χ0n) is 13.8. The Labute approximate surface area is 153 Å². The fourth-order valence-electron chi connectivity index (χ4n) is 3.23. The molecule has 0 fully saturated rings. The van der Waals surface area contributed by atoms with Crippen molar-refractivity contribution in [2.24, 2.45) is 0 Å². The van der Waals surface area contributed by atoms with Crippen LogP contribution in [0.2, 0.25) is 0 Å². The van der Waals surface area contributed by atoms with Crippen molar-refractivity contribution in [1.29, 1.82) is 0 Å². The Morgan fingerprint density at radius 2 is 2.16 bits per heavy atom. The number of fused-ring (bicyclic) bond motifs is 2. The average molecular weight is 371 g/mol. The first-order valence-corrected chi connectivity index (χ1v) is 10.2. The van der Waals surface area contributed by atoms with Gasteiger partial charge in [0.25, 0.3) is 5.56 Å². The first kappa shape index (κ1) is 16.4. The van der Waals surface area contributed by atoms with Gasteiger partial charge in [-0.15, -0.1) is 11.3 Å². The molecule has 0 spiro atoms. The Morgan fingerprint density at radius 3 is 3.00 bits per heavy atom. The monoisotopic (exact) mass is 371 g/mol. The first-order chi connectivity index (χ1) is 12.2. The van der Waals surface area contributed by atoms with E-state index in [1.165, 1.54) is 33.2 Å². The summed E-state index contributed by atoms with van der Waals surface area (Å²) in [6, 6.07) is 9.83. The molecule has 3 aromatic rings. The third-order valence-electron chi connectivity index (χ3n) is 4.42. The van der Waals surface area contributed by atoms with Crippen molar-refractivity contribution < 1.29 is 4.79 Å². The van der Waals surface area contributed by atoms with Gasteiger partial charge in [-0.3, -0.25) is 14.2 Å². The van der Waals surface area contributed by atoms with Crippen LogP contribution in [0.15, 0.2) is 45.7 Å². The van der Waals surface area contributed by atoms with Crippen LogP contribution < -0.4 is 10.5 Å². The summed E-state index contributed by atoms with van der Waals surface area (Å²) in [6.07, 6.45) is 3.80. The zero-order valence-corrected chi connectivity index (χ0v) is 15.4. The zero-order chi connectivity index (χ0) is 17.4. The fraction of sp³-hybridized carbons (Fsp3) is 0.278. The SMILES string of the molecule is CSc1nc2ccsc2c(=O)n1CC(=O)N1CCCc2ccccc21. The van der Waals surface area contributed by atoms with E-state index < -0.39 is 0 Å². The average Bonchev–Trinajstić information content (AvgIpc) is 3.12. The van der Waals surface area contributed by atoms with Crippen molar-refractivity contribution in [3.63, 3.8) is 0 Å². The van der Waals surface area contributed by atoms with Crippen molar-refractivity contribution in [2.75, 3.05) is 17.7 Å². The van der Waals surface area contributed by atoms with Crippen LogP contribution >= 0.6 is 23.1 Å². The predicted octanol–water partition coefficient (Wildman–Crippen LogP) is 3.16. The van der Waals surface area contributed by atoms with E-state index in [1.807, 2.05) is 35.9 Å². The third kappa shape index (κ3) is 2.87. The molecule has 0 unspecified atom stereocenters. The highest BCUT2D eigenvalue weighted by molar-refractivity contribution is 7.98. The Hall–Kier alpha value is -2.12. The van der Waals surface area contributed by atoms with Gasteiger partial charge in [-0.25, -0.2) is 4.98 Å². The van der Waals surface area contributed by atoms with E-state index in [1.54, 1.807) is 4.90 Å². The van der Waals surface area contributed by atoms with E-state index in [2.05, 4.69) is 11.1 Å². The summed E-state index contributed by atoms with van der Waals surface area (Å²) in [6.45, 7) is 0.706. The minimum atomic E-state index is -0.136. The second-order valence-electron chi connectivity index (χ2n) is 5.90. The van der Waals surface area contributed by atoms with Crippen LogP contribution in [0.4, 0.5) is 5.69 Å². The van der Waals surface area contributed by atoms with Gasteiger partial charge in [-0.05, 0) is 42.2 Å². The van der Waals surface area contributed by atoms with Gasteiger partial charge < -0.3 is 4.90 Å². The molecule has 0 atom stereocenters. The Balaban J connectivity index is 1.71. The number of aromatic nitrogens is 2. The topological polar surface area (TPSA) is 55.2 Å². The number of para-hydroxylation sites is 1. The minimum Gasteiger partial charge on any atom is -0.311 e. The number of amides is 1. The smallest absolute Gasteiger partial charge is 0.272 e. The van der Waals surface area contributed by atoms with Gasteiger partial charge >= 0.3 is 0 Å². The molecule has 2 aromatic heterocycles. The van der Waals surface area contributed by atoms with E-state index in [9.17, 15) is 9.59 Å². The first-order valence-electron chi connectivity index (χ1n) is 8.09. The molecule has 1 aliphatic heterocycles. The molecule has 0 N–H and O–H groups in total. The normalized spacial score (nSPS) is 13.9. The van der Waals surface area contributed by atoms with Gasteiger partial charge in [0.2, 0.25) is 5.91 Å². The molecule has 1 aromatic carbocycles. The number of benzene rings is 1. The van der Waals surface area contributed by atoms with Gasteiger partial charge in [0, 0.05) is 12.2 Å². The fourth-order valence-corrected chi connectivity index (χ4v) is 4.57. The lowest BCUT2D eigenvalue weighted by Gasteiger charge is -2.29. The van der Waals surface area contributed by atoms with Crippen molar-refractivity contribution in [1.82, 2.24) is 9.55 Å². The number of hydrogen-bond donors (Lipinski definition) is 0. The molecule has 0 saturated carbocycles. The molecular formula is C18H17N3O2S2. The number of carbonyl (C=O) groups excluding carboxylic acids is 1. The molecular weight excluding hydrogens is 354 g/mol. The van der Waals surface area contributed by atoms with E-state index >= 15 is 0 Å². The number of hydrogen-bond acceptors (Lipinski definition) is 5. The lowest BCUT2D eigenvalue weighted by molar-refractivity contribution is -0.119. The standard InChI is InChI=1S/C18H17N3O2S2/c1-24-18-19-13-8-10-25-16(13)17(23)21(18)11-15(22)20-9-4-6-12-5-2-3-7-14(12)20/h2-3,5,7-8,10H,4,6,9,11H2,1H3. The molecule has 0 aliphatic carbocycles. The van der Waals surface area contributed by atoms with Gasteiger partial charge in [0.05, 0.1) is 5.52 Å². The van der Waals surface area contributed by atoms with E-state index in [0.29, 0.717) is 21.9 Å².